The van der Waals surface area contributed by atoms with E-state index in [1.807, 2.05) is 0 Å². The number of carbonyl (C=O) groups excluding carboxylic acids is 2. The van der Waals surface area contributed by atoms with Crippen LogP contribution in [0.25, 0.3) is 0 Å². The highest BCUT2D eigenvalue weighted by molar-refractivity contribution is 5.99. The maximum Gasteiger partial charge on any atom is 0.337 e. The Morgan fingerprint density at radius 3 is 2.74 bits per heavy atom. The first-order valence-corrected chi connectivity index (χ1v) is 5.60. The molecule has 0 aliphatic carbocycles. The summed E-state index contributed by atoms with van der Waals surface area (Å²) in [5, 5.41) is 8.76. The van der Waals surface area contributed by atoms with Crippen molar-refractivity contribution in [2.24, 2.45) is 5.92 Å². The Labute approximate surface area is 108 Å². The molecule has 7 heteroatoms. The molecule has 0 aromatic carbocycles. The monoisotopic (exact) mass is 264 g/mol. The van der Waals surface area contributed by atoms with Gasteiger partial charge in [0.25, 0.3) is 0 Å². The van der Waals surface area contributed by atoms with E-state index in [1.54, 1.807) is 0 Å². The van der Waals surface area contributed by atoms with Gasteiger partial charge in [0.05, 0.1) is 18.6 Å². The standard InChI is InChI=1S/C12H12N2O5/c1-19-12(18)8-4-10(15)14(6-8)9-3-2-7(5-13-9)11(16)17/h2-3,5,8H,4,6H2,1H3,(H,16,17). The quantitative estimate of drug-likeness (QED) is 0.789. The summed E-state index contributed by atoms with van der Waals surface area (Å²) in [5.74, 6) is -1.91. The molecule has 2 heterocycles. The summed E-state index contributed by atoms with van der Waals surface area (Å²) in [6, 6.07) is 2.81. The number of rotatable bonds is 3. The second kappa shape index (κ2) is 5.05. The van der Waals surface area contributed by atoms with E-state index in [1.165, 1.54) is 30.3 Å². The topological polar surface area (TPSA) is 96.8 Å². The van der Waals surface area contributed by atoms with Crippen molar-refractivity contribution in [1.82, 2.24) is 4.98 Å². The minimum absolute atomic E-state index is 0.0416. The average Bonchev–Trinajstić information content (AvgIpc) is 2.80. The first kappa shape index (κ1) is 13.0. The summed E-state index contributed by atoms with van der Waals surface area (Å²) in [4.78, 5) is 39.1. The number of methoxy groups -OCH3 is 1. The minimum atomic E-state index is -1.08. The molecule has 19 heavy (non-hydrogen) atoms. The van der Waals surface area contributed by atoms with Gasteiger partial charge < -0.3 is 9.84 Å². The average molecular weight is 264 g/mol. The lowest BCUT2D eigenvalue weighted by Gasteiger charge is -2.14. The molecule has 1 atom stereocenters. The molecule has 100 valence electrons. The molecule has 1 N–H and O–H groups in total. The number of carboxylic acids is 1. The molecule has 1 saturated heterocycles. The number of carbonyl (C=O) groups is 3. The van der Waals surface area contributed by atoms with Crippen molar-refractivity contribution in [1.29, 1.82) is 0 Å². The Balaban J connectivity index is 2.16. The van der Waals surface area contributed by atoms with Gasteiger partial charge in [0.1, 0.15) is 5.82 Å². The number of ether oxygens (including phenoxy) is 1. The second-order valence-electron chi connectivity index (χ2n) is 4.14. The van der Waals surface area contributed by atoms with Crippen LogP contribution in [0, 0.1) is 5.92 Å². The number of pyridine rings is 1. The smallest absolute Gasteiger partial charge is 0.337 e. The fourth-order valence-electron chi connectivity index (χ4n) is 1.93. The fraction of sp³-hybridized carbons (Fsp3) is 0.333. The van der Waals surface area contributed by atoms with E-state index >= 15 is 0 Å². The van der Waals surface area contributed by atoms with Gasteiger partial charge in [-0.05, 0) is 12.1 Å². The van der Waals surface area contributed by atoms with Crippen molar-refractivity contribution in [3.8, 4) is 0 Å². The van der Waals surface area contributed by atoms with Crippen LogP contribution in [0.5, 0.6) is 0 Å². The van der Waals surface area contributed by atoms with E-state index in [4.69, 9.17) is 5.11 Å². The number of amides is 1. The molecule has 1 fully saturated rings. The third kappa shape index (κ3) is 2.54. The van der Waals surface area contributed by atoms with Crippen molar-refractivity contribution in [3.63, 3.8) is 0 Å². The zero-order valence-corrected chi connectivity index (χ0v) is 10.2. The van der Waals surface area contributed by atoms with Gasteiger partial charge in [0.15, 0.2) is 0 Å². The number of aromatic nitrogens is 1. The molecule has 2 rings (SSSR count). The van der Waals surface area contributed by atoms with Crippen LogP contribution < -0.4 is 4.90 Å². The Morgan fingerprint density at radius 2 is 2.21 bits per heavy atom. The molecule has 1 aliphatic rings. The van der Waals surface area contributed by atoms with Crippen LogP contribution >= 0.6 is 0 Å². The molecule has 0 spiro atoms. The number of hydrogen-bond acceptors (Lipinski definition) is 5. The van der Waals surface area contributed by atoms with Crippen molar-refractivity contribution in [3.05, 3.63) is 23.9 Å². The predicted molar refractivity (Wildman–Crippen MR) is 63.7 cm³/mol. The summed E-state index contributed by atoms with van der Waals surface area (Å²) in [6.07, 6.45) is 1.26. The van der Waals surface area contributed by atoms with Crippen molar-refractivity contribution in [2.75, 3.05) is 18.6 Å². The van der Waals surface area contributed by atoms with Crippen molar-refractivity contribution < 1.29 is 24.2 Å². The summed E-state index contributed by atoms with van der Waals surface area (Å²) in [7, 11) is 1.27. The van der Waals surface area contributed by atoms with Crippen molar-refractivity contribution >= 4 is 23.7 Å². The lowest BCUT2D eigenvalue weighted by molar-refractivity contribution is -0.145. The molecular formula is C12H12N2O5. The first-order chi connectivity index (χ1) is 9.02. The number of hydrogen-bond donors (Lipinski definition) is 1. The van der Waals surface area contributed by atoms with E-state index in [0.29, 0.717) is 5.82 Å². The number of nitrogens with zero attached hydrogens (tertiary/aromatic N) is 2. The zero-order chi connectivity index (χ0) is 14.0. The molecular weight excluding hydrogens is 252 g/mol. The molecule has 1 aliphatic heterocycles. The lowest BCUT2D eigenvalue weighted by atomic mass is 10.1. The highest BCUT2D eigenvalue weighted by atomic mass is 16.5. The molecule has 1 aromatic heterocycles. The highest BCUT2D eigenvalue weighted by Gasteiger charge is 2.36. The van der Waals surface area contributed by atoms with Gasteiger partial charge in [-0.25, -0.2) is 9.78 Å². The number of carboxylic acid groups (broad SMARTS) is 1. The molecule has 1 unspecified atom stereocenters. The SMILES string of the molecule is COC(=O)C1CC(=O)N(c2ccc(C(=O)O)cn2)C1. The maximum absolute atomic E-state index is 11.8. The van der Waals surface area contributed by atoms with Gasteiger partial charge in [-0.1, -0.05) is 0 Å². The number of aromatic carboxylic acids is 1. The van der Waals surface area contributed by atoms with Gasteiger partial charge in [-0.3, -0.25) is 14.5 Å². The molecule has 1 aromatic rings. The molecule has 0 saturated carbocycles. The van der Waals surface area contributed by atoms with Crippen LogP contribution in [-0.2, 0) is 14.3 Å². The Hall–Kier alpha value is -2.44. The maximum atomic E-state index is 11.8. The van der Waals surface area contributed by atoms with Gasteiger partial charge in [0, 0.05) is 19.2 Å². The highest BCUT2D eigenvalue weighted by Crippen LogP contribution is 2.24. The summed E-state index contributed by atoms with van der Waals surface area (Å²) in [6.45, 7) is 0.199. The second-order valence-corrected chi connectivity index (χ2v) is 4.14. The Morgan fingerprint density at radius 1 is 1.47 bits per heavy atom. The van der Waals surface area contributed by atoms with Crippen LogP contribution in [-0.4, -0.2) is 41.6 Å². The van der Waals surface area contributed by atoms with E-state index in [0.717, 1.165) is 0 Å². The third-order valence-electron chi connectivity index (χ3n) is 2.93. The molecule has 7 nitrogen and oxygen atoms in total. The third-order valence-corrected chi connectivity index (χ3v) is 2.93. The molecule has 0 bridgehead atoms. The molecule has 1 amide bonds. The van der Waals surface area contributed by atoms with Crippen LogP contribution in [0.2, 0.25) is 0 Å². The van der Waals surface area contributed by atoms with Crippen molar-refractivity contribution in [2.45, 2.75) is 6.42 Å². The van der Waals surface area contributed by atoms with Gasteiger partial charge >= 0.3 is 11.9 Å². The molecule has 0 radical (unpaired) electrons. The van der Waals surface area contributed by atoms with E-state index < -0.39 is 17.9 Å². The van der Waals surface area contributed by atoms with Crippen LogP contribution in [0.4, 0.5) is 5.82 Å². The van der Waals surface area contributed by atoms with Crippen LogP contribution in [0.3, 0.4) is 0 Å². The zero-order valence-electron chi connectivity index (χ0n) is 10.2. The largest absolute Gasteiger partial charge is 0.478 e. The summed E-state index contributed by atoms with van der Waals surface area (Å²) < 4.78 is 4.60. The summed E-state index contributed by atoms with van der Waals surface area (Å²) in [5.41, 5.74) is 0.0416. The Bertz CT molecular complexity index is 525. The number of anilines is 1. The predicted octanol–water partition coefficient (Wildman–Crippen LogP) is 0.306. The van der Waals surface area contributed by atoms with Gasteiger partial charge in [-0.15, -0.1) is 0 Å². The van der Waals surface area contributed by atoms with Crippen LogP contribution in [0.15, 0.2) is 18.3 Å². The fourth-order valence-corrected chi connectivity index (χ4v) is 1.93. The van der Waals surface area contributed by atoms with E-state index in [-0.39, 0.29) is 24.4 Å². The van der Waals surface area contributed by atoms with E-state index in [9.17, 15) is 14.4 Å². The normalized spacial score (nSPS) is 18.5. The van der Waals surface area contributed by atoms with E-state index in [2.05, 4.69) is 9.72 Å². The van der Waals surface area contributed by atoms with Crippen LogP contribution in [0.1, 0.15) is 16.8 Å². The number of esters is 1. The van der Waals surface area contributed by atoms with Gasteiger partial charge in [0.2, 0.25) is 5.91 Å². The lowest BCUT2D eigenvalue weighted by Crippen LogP contribution is -2.27. The summed E-state index contributed by atoms with van der Waals surface area (Å²) >= 11 is 0. The minimum Gasteiger partial charge on any atom is -0.478 e. The van der Waals surface area contributed by atoms with Gasteiger partial charge in [-0.2, -0.15) is 0 Å². The first-order valence-electron chi connectivity index (χ1n) is 5.60. The Kier molecular flexibility index (Phi) is 3.46.